The number of aliphatic imine (C=N–C) groups is 1. The molecule has 2 fully saturated rings. The maximum Gasteiger partial charge on any atom is 0.251 e. The van der Waals surface area contributed by atoms with Gasteiger partial charge in [-0.25, -0.2) is 4.99 Å². The number of carbonyl (C=O) groups is 1. The molecule has 0 bridgehead atoms. The predicted octanol–water partition coefficient (Wildman–Crippen LogP) is 2.55. The minimum atomic E-state index is -0.225. The van der Waals surface area contributed by atoms with E-state index in [1.54, 1.807) is 0 Å². The number of hydrogen-bond acceptors (Lipinski definition) is 4. The van der Waals surface area contributed by atoms with Gasteiger partial charge >= 0.3 is 0 Å². The lowest BCUT2D eigenvalue weighted by Crippen LogP contribution is -2.55. The van der Waals surface area contributed by atoms with Crippen LogP contribution in [0, 0.1) is 0 Å². The number of ether oxygens (including phenoxy) is 1. The van der Waals surface area contributed by atoms with Crippen LogP contribution >= 0.6 is 24.0 Å². The fourth-order valence-electron chi connectivity index (χ4n) is 3.96. The second-order valence-corrected chi connectivity index (χ2v) is 8.13. The first-order chi connectivity index (χ1) is 14.6. The van der Waals surface area contributed by atoms with Gasteiger partial charge in [0.1, 0.15) is 6.10 Å². The lowest BCUT2D eigenvalue weighted by atomic mass is 10.1. The molecule has 1 aromatic carbocycles. The summed E-state index contributed by atoms with van der Waals surface area (Å²) in [5.41, 5.74) is 2.54. The highest BCUT2D eigenvalue weighted by atomic mass is 127. The Hall–Kier alpha value is -1.39. The Labute approximate surface area is 204 Å². The molecule has 7 nitrogen and oxygen atoms in total. The fourth-order valence-corrected chi connectivity index (χ4v) is 3.96. The number of benzene rings is 1. The molecule has 8 heteroatoms. The van der Waals surface area contributed by atoms with Crippen LogP contribution in [0.3, 0.4) is 0 Å². The smallest absolute Gasteiger partial charge is 0.251 e. The third-order valence-corrected chi connectivity index (χ3v) is 5.83. The molecule has 174 valence electrons. The molecule has 2 heterocycles. The van der Waals surface area contributed by atoms with Gasteiger partial charge in [-0.05, 0) is 44.5 Å². The Bertz CT molecular complexity index is 716. The zero-order chi connectivity index (χ0) is 21.3. The summed E-state index contributed by atoms with van der Waals surface area (Å²) < 4.78 is 5.57. The van der Waals surface area contributed by atoms with Crippen molar-refractivity contribution in [2.45, 2.75) is 45.9 Å². The number of guanidine groups is 1. The van der Waals surface area contributed by atoms with E-state index in [0.29, 0.717) is 13.2 Å². The molecule has 0 spiro atoms. The van der Waals surface area contributed by atoms with Crippen molar-refractivity contribution in [1.82, 2.24) is 20.0 Å². The van der Waals surface area contributed by atoms with Crippen molar-refractivity contribution in [2.75, 3.05) is 52.9 Å². The van der Waals surface area contributed by atoms with Crippen molar-refractivity contribution in [3.8, 4) is 0 Å². The molecule has 31 heavy (non-hydrogen) atoms. The van der Waals surface area contributed by atoms with E-state index < -0.39 is 0 Å². The summed E-state index contributed by atoms with van der Waals surface area (Å²) in [7, 11) is 2.14. The number of hydrogen-bond donors (Lipinski definition) is 1. The zero-order valence-corrected chi connectivity index (χ0v) is 21.5. The average molecular weight is 543 g/mol. The van der Waals surface area contributed by atoms with Crippen molar-refractivity contribution >= 4 is 35.8 Å². The number of amides is 1. The molecule has 0 aliphatic carbocycles. The molecule has 2 saturated heterocycles. The van der Waals surface area contributed by atoms with Crippen LogP contribution in [0.2, 0.25) is 0 Å². The van der Waals surface area contributed by atoms with Crippen LogP contribution in [-0.4, -0.2) is 85.6 Å². The van der Waals surface area contributed by atoms with Gasteiger partial charge in [-0.1, -0.05) is 31.2 Å². The highest BCUT2D eigenvalue weighted by Gasteiger charge is 2.30. The molecule has 3 rings (SSSR count). The molecular formula is C23H38IN5O2. The molecule has 2 aliphatic rings. The van der Waals surface area contributed by atoms with Gasteiger partial charge in [0.15, 0.2) is 5.96 Å². The number of nitrogens with one attached hydrogen (secondary N) is 1. The van der Waals surface area contributed by atoms with E-state index in [-0.39, 0.29) is 36.0 Å². The Balaban J connectivity index is 0.00000341. The van der Waals surface area contributed by atoms with Crippen molar-refractivity contribution in [3.63, 3.8) is 0 Å². The third kappa shape index (κ3) is 7.61. The van der Waals surface area contributed by atoms with Crippen LogP contribution in [0.4, 0.5) is 0 Å². The molecule has 1 amide bonds. The van der Waals surface area contributed by atoms with Crippen molar-refractivity contribution in [2.24, 2.45) is 4.99 Å². The van der Waals surface area contributed by atoms with Crippen LogP contribution in [0.15, 0.2) is 29.3 Å². The molecule has 2 aliphatic heterocycles. The van der Waals surface area contributed by atoms with E-state index in [2.05, 4.69) is 60.3 Å². The number of carbonyl (C=O) groups excluding carboxylic acids is 1. The van der Waals surface area contributed by atoms with Gasteiger partial charge < -0.3 is 24.8 Å². The fraction of sp³-hybridized carbons (Fsp3) is 0.652. The van der Waals surface area contributed by atoms with Crippen LogP contribution in [-0.2, 0) is 22.6 Å². The molecule has 1 aromatic rings. The van der Waals surface area contributed by atoms with Gasteiger partial charge in [0.05, 0.1) is 6.54 Å². The summed E-state index contributed by atoms with van der Waals surface area (Å²) in [6.07, 6.45) is 1.62. The second-order valence-electron chi connectivity index (χ2n) is 8.13. The van der Waals surface area contributed by atoms with Gasteiger partial charge in [-0.15, -0.1) is 24.0 Å². The molecule has 0 radical (unpaired) electrons. The Kier molecular flexibility index (Phi) is 11.0. The second kappa shape index (κ2) is 13.2. The summed E-state index contributed by atoms with van der Waals surface area (Å²) in [5.74, 6) is 1.08. The van der Waals surface area contributed by atoms with Gasteiger partial charge in [-0.2, -0.15) is 0 Å². The van der Waals surface area contributed by atoms with Crippen LogP contribution in [0.25, 0.3) is 0 Å². The standard InChI is InChI=1S/C23H37N5O2.HI/c1-4-24-23(25-17-19-8-6-9-20(16-19)18-26(3)5-2)28-13-11-27(12-14-28)22(29)21-10-7-15-30-21;/h6,8-9,16,21H,4-5,7,10-15,17-18H2,1-3H3,(H,24,25);1H. The summed E-state index contributed by atoms with van der Waals surface area (Å²) in [4.78, 5) is 24.0. The van der Waals surface area contributed by atoms with Crippen LogP contribution in [0.5, 0.6) is 0 Å². The largest absolute Gasteiger partial charge is 0.368 e. The Morgan fingerprint density at radius 1 is 1.19 bits per heavy atom. The van der Waals surface area contributed by atoms with E-state index in [4.69, 9.17) is 9.73 Å². The first-order valence-electron chi connectivity index (χ1n) is 11.3. The van der Waals surface area contributed by atoms with Gasteiger partial charge in [0, 0.05) is 45.9 Å². The van der Waals surface area contributed by atoms with E-state index in [0.717, 1.165) is 64.6 Å². The van der Waals surface area contributed by atoms with Crippen molar-refractivity contribution in [3.05, 3.63) is 35.4 Å². The first-order valence-corrected chi connectivity index (χ1v) is 11.3. The van der Waals surface area contributed by atoms with Crippen molar-refractivity contribution < 1.29 is 9.53 Å². The zero-order valence-electron chi connectivity index (χ0n) is 19.2. The molecule has 0 aromatic heterocycles. The van der Waals surface area contributed by atoms with E-state index in [1.165, 1.54) is 11.1 Å². The third-order valence-electron chi connectivity index (χ3n) is 5.83. The quantitative estimate of drug-likeness (QED) is 0.326. The summed E-state index contributed by atoms with van der Waals surface area (Å²) in [6, 6.07) is 8.68. The normalized spacial score (nSPS) is 19.5. The summed E-state index contributed by atoms with van der Waals surface area (Å²) >= 11 is 0. The Morgan fingerprint density at radius 3 is 2.55 bits per heavy atom. The maximum absolute atomic E-state index is 12.6. The van der Waals surface area contributed by atoms with Gasteiger partial charge in [0.2, 0.25) is 0 Å². The van der Waals surface area contributed by atoms with Gasteiger partial charge in [-0.3, -0.25) is 4.79 Å². The minimum absolute atomic E-state index is 0. The number of piperazine rings is 1. The maximum atomic E-state index is 12.6. The number of nitrogens with zero attached hydrogens (tertiary/aromatic N) is 4. The van der Waals surface area contributed by atoms with E-state index >= 15 is 0 Å². The van der Waals surface area contributed by atoms with Crippen LogP contribution in [0.1, 0.15) is 37.8 Å². The van der Waals surface area contributed by atoms with Gasteiger partial charge in [0.25, 0.3) is 5.91 Å². The molecule has 1 unspecified atom stereocenters. The summed E-state index contributed by atoms with van der Waals surface area (Å²) in [5, 5.41) is 3.42. The predicted molar refractivity (Wildman–Crippen MR) is 136 cm³/mol. The number of rotatable bonds is 7. The average Bonchev–Trinajstić information content (AvgIpc) is 3.31. The lowest BCUT2D eigenvalue weighted by Gasteiger charge is -2.37. The molecular weight excluding hydrogens is 505 g/mol. The molecule has 1 N–H and O–H groups in total. The minimum Gasteiger partial charge on any atom is -0.368 e. The lowest BCUT2D eigenvalue weighted by molar-refractivity contribution is -0.142. The number of halogens is 1. The Morgan fingerprint density at radius 2 is 1.90 bits per heavy atom. The SMILES string of the molecule is CCNC(=NCc1cccc(CN(C)CC)c1)N1CCN(C(=O)C2CCCO2)CC1.I. The van der Waals surface area contributed by atoms with E-state index in [1.807, 2.05) is 4.90 Å². The van der Waals surface area contributed by atoms with E-state index in [9.17, 15) is 4.79 Å². The first kappa shape index (κ1) is 25.9. The van der Waals surface area contributed by atoms with Crippen LogP contribution < -0.4 is 5.32 Å². The topological polar surface area (TPSA) is 60.4 Å². The summed E-state index contributed by atoms with van der Waals surface area (Å²) in [6.45, 7) is 11.5. The highest BCUT2D eigenvalue weighted by molar-refractivity contribution is 14.0. The highest BCUT2D eigenvalue weighted by Crippen LogP contribution is 2.16. The molecule has 1 atom stereocenters. The molecule has 0 saturated carbocycles. The monoisotopic (exact) mass is 543 g/mol. The van der Waals surface area contributed by atoms with Crippen molar-refractivity contribution in [1.29, 1.82) is 0 Å².